The van der Waals surface area contributed by atoms with Gasteiger partial charge in [-0.3, -0.25) is 4.68 Å². The van der Waals surface area contributed by atoms with Gasteiger partial charge in [-0.2, -0.15) is 5.10 Å². The molecule has 1 heterocycles. The quantitative estimate of drug-likeness (QED) is 0.649. The van der Waals surface area contributed by atoms with E-state index in [1.54, 1.807) is 0 Å². The Morgan fingerprint density at radius 3 is 2.08 bits per heavy atom. The second-order valence-corrected chi connectivity index (χ2v) is 4.95. The Labute approximate surface area is 81.0 Å². The highest BCUT2D eigenvalue weighted by Crippen LogP contribution is 2.25. The van der Waals surface area contributed by atoms with E-state index in [1.807, 2.05) is 4.68 Å². The lowest BCUT2D eigenvalue weighted by Crippen LogP contribution is -2.11. The van der Waals surface area contributed by atoms with Crippen LogP contribution >= 0.6 is 0 Å². The maximum Gasteiger partial charge on any atom is 0.0631 e. The molecular formula is C11H20N2. The van der Waals surface area contributed by atoms with E-state index in [-0.39, 0.29) is 5.41 Å². The smallest absolute Gasteiger partial charge is 0.0631 e. The molecule has 0 unspecified atom stereocenters. The van der Waals surface area contributed by atoms with Crippen molar-refractivity contribution in [2.75, 3.05) is 0 Å². The monoisotopic (exact) mass is 180 g/mol. The molecule has 0 fully saturated rings. The first-order valence-corrected chi connectivity index (χ1v) is 4.88. The van der Waals surface area contributed by atoms with Crippen LogP contribution in [0.4, 0.5) is 0 Å². The first-order chi connectivity index (χ1) is 5.82. The second kappa shape index (κ2) is 3.17. The molecule has 1 rings (SSSR count). The molecule has 0 aliphatic heterocycles. The van der Waals surface area contributed by atoms with Gasteiger partial charge in [0.2, 0.25) is 0 Å². The highest BCUT2D eigenvalue weighted by Gasteiger charge is 2.19. The average molecular weight is 180 g/mol. The molecule has 2 nitrogen and oxygen atoms in total. The van der Waals surface area contributed by atoms with Crippen LogP contribution < -0.4 is 0 Å². The molecule has 0 atom stereocenters. The van der Waals surface area contributed by atoms with Gasteiger partial charge in [0.1, 0.15) is 0 Å². The topological polar surface area (TPSA) is 17.8 Å². The van der Waals surface area contributed by atoms with Gasteiger partial charge in [0.25, 0.3) is 0 Å². The Balaban J connectivity index is 3.11. The molecule has 0 amide bonds. The molecular weight excluding hydrogens is 160 g/mol. The van der Waals surface area contributed by atoms with Crippen LogP contribution in [0.1, 0.15) is 51.9 Å². The van der Waals surface area contributed by atoms with Crippen molar-refractivity contribution in [2.24, 2.45) is 0 Å². The molecule has 2 heteroatoms. The normalized spacial score (nSPS) is 12.5. The lowest BCUT2D eigenvalue weighted by atomic mass is 9.88. The van der Waals surface area contributed by atoms with Gasteiger partial charge in [0, 0.05) is 12.2 Å². The Morgan fingerprint density at radius 1 is 1.31 bits per heavy atom. The summed E-state index contributed by atoms with van der Waals surface area (Å²) < 4.78 is 2.04. The molecule has 0 aliphatic carbocycles. The van der Waals surface area contributed by atoms with Crippen molar-refractivity contribution >= 4 is 0 Å². The summed E-state index contributed by atoms with van der Waals surface area (Å²) in [4.78, 5) is 0. The van der Waals surface area contributed by atoms with Gasteiger partial charge in [-0.1, -0.05) is 20.8 Å². The zero-order valence-corrected chi connectivity index (χ0v) is 9.55. The van der Waals surface area contributed by atoms with Crippen LogP contribution in [0, 0.1) is 6.92 Å². The van der Waals surface area contributed by atoms with E-state index >= 15 is 0 Å². The zero-order valence-electron chi connectivity index (χ0n) is 9.55. The zero-order chi connectivity index (χ0) is 10.2. The van der Waals surface area contributed by atoms with Gasteiger partial charge in [0.15, 0.2) is 0 Å². The fourth-order valence-electron chi connectivity index (χ4n) is 1.48. The van der Waals surface area contributed by atoms with Crippen molar-refractivity contribution in [3.05, 3.63) is 17.5 Å². The van der Waals surface area contributed by atoms with Crippen LogP contribution in [0.2, 0.25) is 0 Å². The molecule has 0 spiro atoms. The van der Waals surface area contributed by atoms with Gasteiger partial charge in [-0.15, -0.1) is 0 Å². The van der Waals surface area contributed by atoms with E-state index in [2.05, 4.69) is 52.8 Å². The van der Waals surface area contributed by atoms with Gasteiger partial charge in [-0.05, 0) is 31.7 Å². The molecule has 0 aromatic carbocycles. The fraction of sp³-hybridized carbons (Fsp3) is 0.727. The number of rotatable bonds is 1. The van der Waals surface area contributed by atoms with E-state index in [9.17, 15) is 0 Å². The third-order valence-corrected chi connectivity index (χ3v) is 2.25. The van der Waals surface area contributed by atoms with E-state index in [1.165, 1.54) is 5.56 Å². The molecule has 0 saturated carbocycles. The van der Waals surface area contributed by atoms with E-state index in [0.717, 1.165) is 5.69 Å². The summed E-state index contributed by atoms with van der Waals surface area (Å²) in [5.41, 5.74) is 2.71. The van der Waals surface area contributed by atoms with Gasteiger partial charge in [-0.25, -0.2) is 0 Å². The van der Waals surface area contributed by atoms with E-state index in [0.29, 0.717) is 6.04 Å². The fourth-order valence-corrected chi connectivity index (χ4v) is 1.48. The molecule has 0 saturated heterocycles. The van der Waals surface area contributed by atoms with E-state index < -0.39 is 0 Å². The average Bonchev–Trinajstić information content (AvgIpc) is 2.29. The summed E-state index contributed by atoms with van der Waals surface area (Å²) in [6.07, 6.45) is 2.17. The van der Waals surface area contributed by atoms with Crippen LogP contribution in [-0.2, 0) is 5.41 Å². The summed E-state index contributed by atoms with van der Waals surface area (Å²) in [5, 5.41) is 4.49. The summed E-state index contributed by atoms with van der Waals surface area (Å²) in [6.45, 7) is 13.1. The molecule has 74 valence electrons. The first kappa shape index (κ1) is 10.3. The molecule has 0 bridgehead atoms. The summed E-state index contributed by atoms with van der Waals surface area (Å²) in [5.74, 6) is 0. The lowest BCUT2D eigenvalue weighted by molar-refractivity contribution is 0.526. The third-order valence-electron chi connectivity index (χ3n) is 2.25. The Bertz CT molecular complexity index is 290. The van der Waals surface area contributed by atoms with Gasteiger partial charge < -0.3 is 0 Å². The number of aromatic nitrogens is 2. The Hall–Kier alpha value is -0.790. The van der Waals surface area contributed by atoms with Crippen molar-refractivity contribution in [2.45, 2.75) is 53.0 Å². The van der Waals surface area contributed by atoms with Crippen molar-refractivity contribution < 1.29 is 0 Å². The van der Waals surface area contributed by atoms with Gasteiger partial charge >= 0.3 is 0 Å². The third kappa shape index (κ3) is 2.11. The predicted octanol–water partition coefficient (Wildman–Crippen LogP) is 3.07. The second-order valence-electron chi connectivity index (χ2n) is 4.95. The number of nitrogens with zero attached hydrogens (tertiary/aromatic N) is 2. The van der Waals surface area contributed by atoms with Gasteiger partial charge in [0.05, 0.1) is 5.69 Å². The Morgan fingerprint density at radius 2 is 1.85 bits per heavy atom. The van der Waals surface area contributed by atoms with Crippen molar-refractivity contribution in [1.82, 2.24) is 9.78 Å². The molecule has 1 aromatic heterocycles. The molecule has 0 aliphatic rings. The molecule has 0 N–H and O–H groups in total. The van der Waals surface area contributed by atoms with Crippen LogP contribution in [0.25, 0.3) is 0 Å². The predicted molar refractivity (Wildman–Crippen MR) is 56.0 cm³/mol. The largest absolute Gasteiger partial charge is 0.270 e. The lowest BCUT2D eigenvalue weighted by Gasteiger charge is -2.16. The van der Waals surface area contributed by atoms with Crippen molar-refractivity contribution in [1.29, 1.82) is 0 Å². The highest BCUT2D eigenvalue weighted by molar-refractivity contribution is 5.24. The maximum atomic E-state index is 4.49. The molecule has 0 radical (unpaired) electrons. The summed E-state index contributed by atoms with van der Waals surface area (Å²) in [7, 11) is 0. The van der Waals surface area contributed by atoms with Crippen LogP contribution in [0.3, 0.4) is 0 Å². The number of hydrogen-bond acceptors (Lipinski definition) is 1. The highest BCUT2D eigenvalue weighted by atomic mass is 15.3. The maximum absolute atomic E-state index is 4.49. The van der Waals surface area contributed by atoms with Crippen LogP contribution in [0.5, 0.6) is 0 Å². The molecule has 13 heavy (non-hydrogen) atoms. The SMILES string of the molecule is Cc1nn(C(C)C)cc1C(C)(C)C. The minimum Gasteiger partial charge on any atom is -0.270 e. The summed E-state index contributed by atoms with van der Waals surface area (Å²) in [6, 6.07) is 0.454. The van der Waals surface area contributed by atoms with Crippen LogP contribution in [0.15, 0.2) is 6.20 Å². The Kier molecular flexibility index (Phi) is 2.51. The molecule has 1 aromatic rings. The minimum absolute atomic E-state index is 0.206. The van der Waals surface area contributed by atoms with Crippen LogP contribution in [-0.4, -0.2) is 9.78 Å². The minimum atomic E-state index is 0.206. The van der Waals surface area contributed by atoms with E-state index in [4.69, 9.17) is 0 Å². The number of hydrogen-bond donors (Lipinski definition) is 0. The van der Waals surface area contributed by atoms with Crippen molar-refractivity contribution in [3.8, 4) is 0 Å². The number of aryl methyl sites for hydroxylation is 1. The summed E-state index contributed by atoms with van der Waals surface area (Å²) >= 11 is 0. The van der Waals surface area contributed by atoms with Crippen molar-refractivity contribution in [3.63, 3.8) is 0 Å². The first-order valence-electron chi connectivity index (χ1n) is 4.88. The standard InChI is InChI=1S/C11H20N2/c1-8(2)13-7-10(9(3)12-13)11(4,5)6/h7-8H,1-6H3.